The molecule has 0 bridgehead atoms. The third-order valence-corrected chi connectivity index (χ3v) is 1.87. The molecule has 0 aliphatic rings. The van der Waals surface area contributed by atoms with Crippen molar-refractivity contribution in [2.75, 3.05) is 18.4 Å². The van der Waals surface area contributed by atoms with Crippen LogP contribution in [0.2, 0.25) is 0 Å². The van der Waals surface area contributed by atoms with Gasteiger partial charge in [-0.3, -0.25) is 24.7 Å². The fraction of sp³-hybridized carbons (Fsp3) is 0.222. The molecule has 18 heavy (non-hydrogen) atoms. The Balaban J connectivity index is 2.56. The average Bonchev–Trinajstić information content (AvgIpc) is 2.34. The molecular formula is C9H10N4O5. The molecule has 1 heterocycles. The van der Waals surface area contributed by atoms with E-state index in [2.05, 4.69) is 15.6 Å². The number of anilines is 1. The highest BCUT2D eigenvalue weighted by Gasteiger charge is 2.13. The number of nitrogens with one attached hydrogen (secondary N) is 2. The molecule has 1 aromatic heterocycles. The van der Waals surface area contributed by atoms with Crippen LogP contribution < -0.4 is 10.6 Å². The van der Waals surface area contributed by atoms with E-state index in [0.29, 0.717) is 0 Å². The highest BCUT2D eigenvalue weighted by Crippen LogP contribution is 2.21. The molecule has 0 aliphatic carbocycles. The van der Waals surface area contributed by atoms with Crippen LogP contribution in [0.1, 0.15) is 0 Å². The molecule has 1 amide bonds. The minimum Gasteiger partial charge on any atom is -0.480 e. The van der Waals surface area contributed by atoms with Crippen molar-refractivity contribution in [1.29, 1.82) is 0 Å². The predicted molar refractivity (Wildman–Crippen MR) is 60.0 cm³/mol. The van der Waals surface area contributed by atoms with Gasteiger partial charge in [-0.1, -0.05) is 0 Å². The SMILES string of the molecule is O=C(O)CNC(=O)CNc1ccncc1[N+](=O)[O-]. The maximum absolute atomic E-state index is 11.2. The van der Waals surface area contributed by atoms with Crippen molar-refractivity contribution in [3.05, 3.63) is 28.6 Å². The molecule has 1 aromatic rings. The lowest BCUT2D eigenvalue weighted by Gasteiger charge is -2.06. The zero-order chi connectivity index (χ0) is 13.5. The van der Waals surface area contributed by atoms with Crippen molar-refractivity contribution in [2.45, 2.75) is 0 Å². The van der Waals surface area contributed by atoms with E-state index in [-0.39, 0.29) is 17.9 Å². The van der Waals surface area contributed by atoms with Gasteiger partial charge >= 0.3 is 11.7 Å². The smallest absolute Gasteiger partial charge is 0.322 e. The maximum Gasteiger partial charge on any atom is 0.322 e. The van der Waals surface area contributed by atoms with Gasteiger partial charge in [0.05, 0.1) is 11.5 Å². The highest BCUT2D eigenvalue weighted by molar-refractivity contribution is 5.84. The molecule has 0 spiro atoms. The summed E-state index contributed by atoms with van der Waals surface area (Å²) in [6.45, 7) is -0.767. The maximum atomic E-state index is 11.2. The quantitative estimate of drug-likeness (QED) is 0.464. The number of amides is 1. The number of carbonyl (C=O) groups is 2. The molecule has 3 N–H and O–H groups in total. The van der Waals surface area contributed by atoms with E-state index in [0.717, 1.165) is 6.20 Å². The van der Waals surface area contributed by atoms with Crippen molar-refractivity contribution in [3.63, 3.8) is 0 Å². The highest BCUT2D eigenvalue weighted by atomic mass is 16.6. The number of hydrogen-bond donors (Lipinski definition) is 3. The number of carboxylic acid groups (broad SMARTS) is 1. The van der Waals surface area contributed by atoms with Gasteiger partial charge in [-0.25, -0.2) is 0 Å². The van der Waals surface area contributed by atoms with Crippen molar-refractivity contribution in [3.8, 4) is 0 Å². The Bertz CT molecular complexity index is 476. The Kier molecular flexibility index (Phi) is 4.55. The van der Waals surface area contributed by atoms with Crippen LogP contribution in [-0.2, 0) is 9.59 Å². The largest absolute Gasteiger partial charge is 0.480 e. The number of pyridine rings is 1. The molecule has 0 saturated heterocycles. The zero-order valence-corrected chi connectivity index (χ0v) is 9.12. The minimum atomic E-state index is -1.17. The van der Waals surface area contributed by atoms with E-state index in [1.807, 2.05) is 0 Å². The van der Waals surface area contributed by atoms with E-state index in [1.54, 1.807) is 0 Å². The third kappa shape index (κ3) is 4.04. The number of rotatable bonds is 6. The van der Waals surface area contributed by atoms with Gasteiger partial charge in [0.15, 0.2) is 0 Å². The first-order chi connectivity index (χ1) is 8.50. The molecule has 0 atom stereocenters. The molecule has 0 aromatic carbocycles. The lowest BCUT2D eigenvalue weighted by atomic mass is 10.3. The van der Waals surface area contributed by atoms with Crippen LogP contribution in [0.15, 0.2) is 18.5 Å². The summed E-state index contributed by atoms with van der Waals surface area (Å²) in [7, 11) is 0. The second-order valence-corrected chi connectivity index (χ2v) is 3.17. The standard InChI is InChI=1S/C9H10N4O5/c14-8(12-5-9(15)16)4-11-6-1-2-10-3-7(6)13(17)18/h1-3H,4-5H2,(H,10,11)(H,12,14)(H,15,16). The fourth-order valence-electron chi connectivity index (χ4n) is 1.09. The molecule has 0 aliphatic heterocycles. The Morgan fingerprint density at radius 3 is 2.78 bits per heavy atom. The number of hydrogen-bond acceptors (Lipinski definition) is 6. The monoisotopic (exact) mass is 254 g/mol. The summed E-state index contributed by atoms with van der Waals surface area (Å²) in [4.78, 5) is 35.0. The number of carbonyl (C=O) groups excluding carboxylic acids is 1. The number of nitro groups is 1. The second-order valence-electron chi connectivity index (χ2n) is 3.17. The van der Waals surface area contributed by atoms with Crippen LogP contribution in [0, 0.1) is 10.1 Å². The molecule has 9 heteroatoms. The summed E-state index contributed by atoms with van der Waals surface area (Å²) >= 11 is 0. The molecule has 0 unspecified atom stereocenters. The second kappa shape index (κ2) is 6.13. The zero-order valence-electron chi connectivity index (χ0n) is 9.12. The molecule has 0 radical (unpaired) electrons. The van der Waals surface area contributed by atoms with Gasteiger partial charge in [-0.2, -0.15) is 0 Å². The normalized spacial score (nSPS) is 9.56. The minimum absolute atomic E-state index is 0.139. The molecular weight excluding hydrogens is 244 g/mol. The summed E-state index contributed by atoms with van der Waals surface area (Å²) in [5.41, 5.74) is -0.121. The first-order valence-corrected chi connectivity index (χ1v) is 4.81. The van der Waals surface area contributed by atoms with E-state index >= 15 is 0 Å². The van der Waals surface area contributed by atoms with Gasteiger partial charge in [0, 0.05) is 6.20 Å². The van der Waals surface area contributed by atoms with Gasteiger partial charge in [0.2, 0.25) is 5.91 Å². The van der Waals surface area contributed by atoms with Gasteiger partial charge in [-0.05, 0) is 6.07 Å². The summed E-state index contributed by atoms with van der Waals surface area (Å²) in [6.07, 6.45) is 2.39. The van der Waals surface area contributed by atoms with Crippen molar-refractivity contribution < 1.29 is 19.6 Å². The van der Waals surface area contributed by atoms with Gasteiger partial charge in [-0.15, -0.1) is 0 Å². The van der Waals surface area contributed by atoms with Crippen LogP contribution in [0.25, 0.3) is 0 Å². The van der Waals surface area contributed by atoms with E-state index in [9.17, 15) is 19.7 Å². The van der Waals surface area contributed by atoms with Crippen LogP contribution in [0.4, 0.5) is 11.4 Å². The summed E-state index contributed by atoms with van der Waals surface area (Å²) in [5.74, 6) is -1.75. The van der Waals surface area contributed by atoms with Crippen molar-refractivity contribution in [2.24, 2.45) is 0 Å². The first kappa shape index (κ1) is 13.4. The lowest BCUT2D eigenvalue weighted by Crippen LogP contribution is -2.33. The molecule has 96 valence electrons. The number of nitrogens with zero attached hydrogens (tertiary/aromatic N) is 2. The Labute approximate surface area is 101 Å². The number of aliphatic carboxylic acids is 1. The van der Waals surface area contributed by atoms with Crippen LogP contribution in [0.3, 0.4) is 0 Å². The summed E-state index contributed by atoms with van der Waals surface area (Å²) in [6, 6.07) is 1.35. The van der Waals surface area contributed by atoms with Crippen molar-refractivity contribution >= 4 is 23.3 Å². The predicted octanol–water partition coefficient (Wildman–Crippen LogP) is -0.397. The Morgan fingerprint density at radius 1 is 1.44 bits per heavy atom. The number of aromatic nitrogens is 1. The van der Waals surface area contributed by atoms with Gasteiger partial charge in [0.1, 0.15) is 18.4 Å². The van der Waals surface area contributed by atoms with Gasteiger partial charge in [0.25, 0.3) is 0 Å². The first-order valence-electron chi connectivity index (χ1n) is 4.81. The lowest BCUT2D eigenvalue weighted by molar-refractivity contribution is -0.384. The van der Waals surface area contributed by atoms with E-state index in [4.69, 9.17) is 5.11 Å². The molecule has 1 rings (SSSR count). The Hall–Kier alpha value is -2.71. The van der Waals surface area contributed by atoms with Crippen LogP contribution in [0.5, 0.6) is 0 Å². The Morgan fingerprint density at radius 2 is 2.17 bits per heavy atom. The molecule has 0 saturated carbocycles. The topological polar surface area (TPSA) is 134 Å². The molecule has 9 nitrogen and oxygen atoms in total. The van der Waals surface area contributed by atoms with Crippen LogP contribution >= 0.6 is 0 Å². The third-order valence-electron chi connectivity index (χ3n) is 1.87. The number of carboxylic acids is 1. The van der Waals surface area contributed by atoms with E-state index < -0.39 is 23.3 Å². The van der Waals surface area contributed by atoms with E-state index in [1.165, 1.54) is 12.3 Å². The van der Waals surface area contributed by atoms with Gasteiger partial charge < -0.3 is 15.7 Å². The fourth-order valence-corrected chi connectivity index (χ4v) is 1.09. The summed E-state index contributed by atoms with van der Waals surface area (Å²) in [5, 5.41) is 23.6. The summed E-state index contributed by atoms with van der Waals surface area (Å²) < 4.78 is 0. The molecule has 0 fully saturated rings. The average molecular weight is 254 g/mol. The van der Waals surface area contributed by atoms with Crippen molar-refractivity contribution in [1.82, 2.24) is 10.3 Å². The van der Waals surface area contributed by atoms with Crippen LogP contribution in [-0.4, -0.2) is 40.0 Å².